The van der Waals surface area contributed by atoms with E-state index in [4.69, 9.17) is 9.47 Å². The summed E-state index contributed by atoms with van der Waals surface area (Å²) in [5, 5.41) is 0. The molecular weight excluding hydrogens is 228 g/mol. The number of rotatable bonds is 0. The van der Waals surface area contributed by atoms with E-state index >= 15 is 0 Å². The highest BCUT2D eigenvalue weighted by Gasteiger charge is 2.75. The monoisotopic (exact) mass is 246 g/mol. The zero-order chi connectivity index (χ0) is 12.7. The minimum atomic E-state index is -0.205. The first-order valence-electron chi connectivity index (χ1n) is 6.75. The minimum Gasteiger partial charge on any atom is -0.458 e. The smallest absolute Gasteiger partial charge is 0.334 e. The van der Waals surface area contributed by atoms with Gasteiger partial charge >= 0.3 is 5.97 Å². The third-order valence-electron chi connectivity index (χ3n) is 5.59. The van der Waals surface area contributed by atoms with E-state index < -0.39 is 0 Å². The van der Waals surface area contributed by atoms with E-state index in [1.165, 1.54) is 5.57 Å². The molecule has 1 saturated carbocycles. The van der Waals surface area contributed by atoms with Gasteiger partial charge in [0.2, 0.25) is 0 Å². The Hall–Kier alpha value is -1.09. The second kappa shape index (κ2) is 2.90. The first-order chi connectivity index (χ1) is 8.48. The molecule has 0 aromatic rings. The fourth-order valence-corrected chi connectivity index (χ4v) is 4.45. The van der Waals surface area contributed by atoms with E-state index in [0.29, 0.717) is 5.57 Å². The molecule has 3 unspecified atom stereocenters. The van der Waals surface area contributed by atoms with Gasteiger partial charge in [0.1, 0.15) is 11.7 Å². The molecule has 2 aliphatic heterocycles. The van der Waals surface area contributed by atoms with Crippen molar-refractivity contribution in [2.75, 3.05) is 0 Å². The van der Waals surface area contributed by atoms with E-state index in [0.717, 1.165) is 19.3 Å². The molecule has 3 fully saturated rings. The Morgan fingerprint density at radius 3 is 3.06 bits per heavy atom. The molecule has 18 heavy (non-hydrogen) atoms. The average Bonchev–Trinajstić information content (AvgIpc) is 2.65. The van der Waals surface area contributed by atoms with Gasteiger partial charge in [-0.25, -0.2) is 4.79 Å². The fraction of sp³-hybridized carbons (Fsp3) is 0.667. The van der Waals surface area contributed by atoms with Crippen molar-refractivity contribution in [2.45, 2.75) is 50.4 Å². The van der Waals surface area contributed by atoms with Crippen molar-refractivity contribution in [1.29, 1.82) is 0 Å². The highest BCUT2D eigenvalue weighted by molar-refractivity contribution is 5.91. The van der Waals surface area contributed by atoms with Crippen LogP contribution in [0, 0.1) is 11.8 Å². The lowest BCUT2D eigenvalue weighted by Gasteiger charge is -2.26. The maximum atomic E-state index is 11.8. The molecule has 0 aromatic heterocycles. The quantitative estimate of drug-likeness (QED) is 0.285. The number of hydrogen-bond donors (Lipinski definition) is 0. The minimum absolute atomic E-state index is 0.0248. The molecule has 0 aromatic carbocycles. The van der Waals surface area contributed by atoms with Gasteiger partial charge in [-0.2, -0.15) is 0 Å². The number of carbonyl (C=O) groups excluding carboxylic acids is 1. The predicted molar refractivity (Wildman–Crippen MR) is 65.8 cm³/mol. The molecule has 2 saturated heterocycles. The number of fused-ring (bicyclic) bond motifs is 2. The van der Waals surface area contributed by atoms with E-state index in [-0.39, 0.29) is 35.1 Å². The summed E-state index contributed by atoms with van der Waals surface area (Å²) in [4.78, 5) is 11.8. The predicted octanol–water partition coefficient (Wildman–Crippen LogP) is 2.37. The van der Waals surface area contributed by atoms with E-state index in [1.54, 1.807) is 0 Å². The number of epoxide rings is 1. The Kier molecular flexibility index (Phi) is 1.74. The molecule has 4 aliphatic rings. The molecule has 3 heteroatoms. The van der Waals surface area contributed by atoms with E-state index in [1.807, 2.05) is 0 Å². The Morgan fingerprint density at radius 2 is 2.28 bits per heavy atom. The van der Waals surface area contributed by atoms with Crippen LogP contribution in [-0.4, -0.2) is 23.3 Å². The lowest BCUT2D eigenvalue weighted by molar-refractivity contribution is -0.141. The summed E-state index contributed by atoms with van der Waals surface area (Å²) >= 11 is 0. The van der Waals surface area contributed by atoms with Crippen LogP contribution in [0.3, 0.4) is 0 Å². The summed E-state index contributed by atoms with van der Waals surface area (Å²) in [5.41, 5.74) is 1.86. The van der Waals surface area contributed by atoms with Crippen molar-refractivity contribution in [3.63, 3.8) is 0 Å². The summed E-state index contributed by atoms with van der Waals surface area (Å²) in [5.74, 6) is 0.219. The average molecular weight is 246 g/mol. The zero-order valence-corrected chi connectivity index (χ0v) is 10.9. The van der Waals surface area contributed by atoms with Gasteiger partial charge in [-0.05, 0) is 33.1 Å². The van der Waals surface area contributed by atoms with Crippen molar-refractivity contribution >= 4 is 5.97 Å². The third-order valence-corrected chi connectivity index (χ3v) is 5.59. The molecule has 0 bridgehead atoms. The van der Waals surface area contributed by atoms with E-state index in [2.05, 4.69) is 26.5 Å². The van der Waals surface area contributed by atoms with Crippen LogP contribution in [0.4, 0.5) is 0 Å². The number of carbonyl (C=O) groups is 1. The molecule has 0 radical (unpaired) electrons. The Morgan fingerprint density at radius 1 is 1.50 bits per heavy atom. The molecule has 5 atom stereocenters. The zero-order valence-electron chi connectivity index (χ0n) is 10.9. The number of ether oxygens (including phenoxy) is 2. The fourth-order valence-electron chi connectivity index (χ4n) is 4.45. The summed E-state index contributed by atoms with van der Waals surface area (Å²) in [6.45, 7) is 8.27. The summed E-state index contributed by atoms with van der Waals surface area (Å²) in [6.07, 6.45) is 5.13. The van der Waals surface area contributed by atoms with Crippen LogP contribution in [-0.2, 0) is 14.3 Å². The molecule has 1 spiro atoms. The van der Waals surface area contributed by atoms with Crippen molar-refractivity contribution in [2.24, 2.45) is 11.8 Å². The lowest BCUT2D eigenvalue weighted by atomic mass is 9.78. The van der Waals surface area contributed by atoms with Crippen molar-refractivity contribution in [1.82, 2.24) is 0 Å². The maximum absolute atomic E-state index is 11.8. The second-order valence-electron chi connectivity index (χ2n) is 6.39. The van der Waals surface area contributed by atoms with Crippen LogP contribution in [0.25, 0.3) is 0 Å². The molecule has 0 N–H and O–H groups in total. The number of hydrogen-bond acceptors (Lipinski definition) is 3. The van der Waals surface area contributed by atoms with Gasteiger partial charge in [0.05, 0.1) is 5.60 Å². The Balaban J connectivity index is 1.81. The maximum Gasteiger partial charge on any atom is 0.334 e. The van der Waals surface area contributed by atoms with Crippen LogP contribution in [0.1, 0.15) is 33.1 Å². The van der Waals surface area contributed by atoms with Gasteiger partial charge in [-0.15, -0.1) is 0 Å². The van der Waals surface area contributed by atoms with Gasteiger partial charge in [-0.1, -0.05) is 18.2 Å². The normalized spacial score (nSPS) is 53.0. The molecule has 0 amide bonds. The summed E-state index contributed by atoms with van der Waals surface area (Å²) in [6, 6.07) is 0. The molecule has 2 aliphatic carbocycles. The largest absolute Gasteiger partial charge is 0.458 e. The van der Waals surface area contributed by atoms with Gasteiger partial charge in [0, 0.05) is 17.4 Å². The number of esters is 1. The van der Waals surface area contributed by atoms with Crippen LogP contribution in [0.5, 0.6) is 0 Å². The van der Waals surface area contributed by atoms with Gasteiger partial charge in [-0.3, -0.25) is 0 Å². The highest BCUT2D eigenvalue weighted by Crippen LogP contribution is 2.67. The SMILES string of the molecule is C=C1C(=O)OC2C3C(C)=CCC34O[C@]4(C)CC[C@@H]12. The topological polar surface area (TPSA) is 38.8 Å². The van der Waals surface area contributed by atoms with Crippen molar-refractivity contribution in [3.05, 3.63) is 23.8 Å². The van der Waals surface area contributed by atoms with Gasteiger partial charge in [0.15, 0.2) is 0 Å². The first kappa shape index (κ1) is 10.8. The van der Waals surface area contributed by atoms with Crippen molar-refractivity contribution < 1.29 is 14.3 Å². The van der Waals surface area contributed by atoms with Gasteiger partial charge < -0.3 is 9.47 Å². The standard InChI is InChI=1S/C15H18O3/c1-8-4-7-15-11(8)12-10(9(2)13(16)17-12)5-6-14(15,3)18-15/h4,10-12H,2,5-7H2,1,3H3/t10-,11?,12?,14+,15?/m0/s1. The molecule has 4 rings (SSSR count). The van der Waals surface area contributed by atoms with Gasteiger partial charge in [0.25, 0.3) is 0 Å². The molecule has 2 heterocycles. The van der Waals surface area contributed by atoms with E-state index in [9.17, 15) is 4.79 Å². The lowest BCUT2D eigenvalue weighted by Crippen LogP contribution is -2.37. The summed E-state index contributed by atoms with van der Waals surface area (Å²) < 4.78 is 11.8. The van der Waals surface area contributed by atoms with Crippen LogP contribution >= 0.6 is 0 Å². The Bertz CT molecular complexity index is 506. The van der Waals surface area contributed by atoms with Crippen LogP contribution in [0.15, 0.2) is 23.8 Å². The third kappa shape index (κ3) is 0.993. The molecule has 3 nitrogen and oxygen atoms in total. The Labute approximate surface area is 107 Å². The molecular formula is C15H18O3. The van der Waals surface area contributed by atoms with Crippen molar-refractivity contribution in [3.8, 4) is 0 Å². The molecule has 96 valence electrons. The van der Waals surface area contributed by atoms with Crippen LogP contribution in [0.2, 0.25) is 0 Å². The summed E-state index contributed by atoms with van der Waals surface area (Å²) in [7, 11) is 0. The van der Waals surface area contributed by atoms with Crippen LogP contribution < -0.4 is 0 Å². The highest BCUT2D eigenvalue weighted by atomic mass is 16.6. The second-order valence-corrected chi connectivity index (χ2v) is 6.39. The first-order valence-corrected chi connectivity index (χ1v) is 6.75.